The van der Waals surface area contributed by atoms with Gasteiger partial charge in [-0.2, -0.15) is 0 Å². The summed E-state index contributed by atoms with van der Waals surface area (Å²) in [5, 5.41) is 3.03. The molecule has 0 saturated heterocycles. The molecular weight excluding hydrogens is 356 g/mol. The van der Waals surface area contributed by atoms with E-state index in [0.29, 0.717) is 11.5 Å². The maximum atomic E-state index is 12.3. The zero-order chi connectivity index (χ0) is 20.1. The standard InChI is InChI=1S/C21H20N4O3/c1-3-28-21(27)16-12-23-19(14-10-8-13(2)9-11-14)25-20(16)24-17-7-5-4-6-15(17)18(22)26/h4-12H,3H2,1-2H3,(H2,22,26)(H,23,24,25). The Hall–Kier alpha value is -3.74. The number of anilines is 2. The first-order valence-electron chi connectivity index (χ1n) is 8.76. The van der Waals surface area contributed by atoms with E-state index in [9.17, 15) is 9.59 Å². The molecule has 7 heteroatoms. The number of nitrogens with zero attached hydrogens (tertiary/aromatic N) is 2. The number of nitrogens with one attached hydrogen (secondary N) is 1. The summed E-state index contributed by atoms with van der Waals surface area (Å²) < 4.78 is 5.09. The van der Waals surface area contributed by atoms with Gasteiger partial charge in [0.05, 0.1) is 17.9 Å². The number of carbonyl (C=O) groups excluding carboxylic acids is 2. The van der Waals surface area contributed by atoms with Crippen LogP contribution in [0.3, 0.4) is 0 Å². The van der Waals surface area contributed by atoms with Crippen molar-refractivity contribution in [2.75, 3.05) is 11.9 Å². The smallest absolute Gasteiger partial charge is 0.343 e. The van der Waals surface area contributed by atoms with Gasteiger partial charge in [-0.15, -0.1) is 0 Å². The van der Waals surface area contributed by atoms with Gasteiger partial charge in [-0.05, 0) is 26.0 Å². The van der Waals surface area contributed by atoms with Gasteiger partial charge in [-0.3, -0.25) is 4.79 Å². The van der Waals surface area contributed by atoms with Gasteiger partial charge in [0.1, 0.15) is 11.4 Å². The number of aryl methyl sites for hydroxylation is 1. The molecule has 0 aliphatic rings. The Labute approximate surface area is 162 Å². The molecule has 1 aromatic heterocycles. The number of amides is 1. The molecule has 0 aliphatic carbocycles. The summed E-state index contributed by atoms with van der Waals surface area (Å²) in [6.45, 7) is 3.92. The number of esters is 1. The summed E-state index contributed by atoms with van der Waals surface area (Å²) in [5.74, 6) is -0.476. The monoisotopic (exact) mass is 376 g/mol. The minimum Gasteiger partial charge on any atom is -0.462 e. The number of primary amides is 1. The fourth-order valence-electron chi connectivity index (χ4n) is 2.61. The van der Waals surface area contributed by atoms with Crippen molar-refractivity contribution in [1.29, 1.82) is 0 Å². The van der Waals surface area contributed by atoms with Crippen LogP contribution in [-0.4, -0.2) is 28.5 Å². The largest absolute Gasteiger partial charge is 0.462 e. The number of rotatable bonds is 6. The van der Waals surface area contributed by atoms with Crippen molar-refractivity contribution in [2.45, 2.75) is 13.8 Å². The summed E-state index contributed by atoms with van der Waals surface area (Å²) in [7, 11) is 0. The topological polar surface area (TPSA) is 107 Å². The molecule has 3 aromatic rings. The number of carbonyl (C=O) groups is 2. The first-order chi connectivity index (χ1) is 13.5. The Balaban J connectivity index is 2.07. The Bertz CT molecular complexity index is 1020. The number of hydrogen-bond donors (Lipinski definition) is 2. The molecule has 0 radical (unpaired) electrons. The zero-order valence-electron chi connectivity index (χ0n) is 15.6. The minimum atomic E-state index is -0.589. The average molecular weight is 376 g/mol. The molecule has 1 heterocycles. The Kier molecular flexibility index (Phi) is 5.64. The zero-order valence-corrected chi connectivity index (χ0v) is 15.6. The highest BCUT2D eigenvalue weighted by molar-refractivity contribution is 6.00. The molecule has 3 N–H and O–H groups in total. The van der Waals surface area contributed by atoms with E-state index >= 15 is 0 Å². The van der Waals surface area contributed by atoms with Crippen LogP contribution in [0.4, 0.5) is 11.5 Å². The second-order valence-electron chi connectivity index (χ2n) is 6.08. The summed E-state index contributed by atoms with van der Waals surface area (Å²) in [5.41, 5.74) is 8.24. The Morgan fingerprint density at radius 3 is 2.46 bits per heavy atom. The van der Waals surface area contributed by atoms with E-state index in [1.807, 2.05) is 31.2 Å². The van der Waals surface area contributed by atoms with E-state index in [4.69, 9.17) is 10.5 Å². The summed E-state index contributed by atoms with van der Waals surface area (Å²) in [4.78, 5) is 32.8. The first kappa shape index (κ1) is 19.0. The highest BCUT2D eigenvalue weighted by Gasteiger charge is 2.18. The van der Waals surface area contributed by atoms with Crippen molar-refractivity contribution in [3.8, 4) is 11.4 Å². The lowest BCUT2D eigenvalue weighted by molar-refractivity contribution is 0.0526. The second kappa shape index (κ2) is 8.30. The molecule has 0 unspecified atom stereocenters. The average Bonchev–Trinajstić information content (AvgIpc) is 2.69. The van der Waals surface area contributed by atoms with Crippen molar-refractivity contribution < 1.29 is 14.3 Å². The van der Waals surface area contributed by atoms with Crippen molar-refractivity contribution in [3.05, 3.63) is 71.4 Å². The maximum Gasteiger partial charge on any atom is 0.343 e. The van der Waals surface area contributed by atoms with Crippen molar-refractivity contribution >= 4 is 23.4 Å². The summed E-state index contributed by atoms with van der Waals surface area (Å²) in [6, 6.07) is 14.4. The van der Waals surface area contributed by atoms with Crippen LogP contribution in [-0.2, 0) is 4.74 Å². The highest BCUT2D eigenvalue weighted by Crippen LogP contribution is 2.25. The van der Waals surface area contributed by atoms with Crippen molar-refractivity contribution in [3.63, 3.8) is 0 Å². The Morgan fingerprint density at radius 1 is 1.07 bits per heavy atom. The van der Waals surface area contributed by atoms with E-state index in [0.717, 1.165) is 11.1 Å². The third-order valence-corrected chi connectivity index (χ3v) is 4.04. The number of aromatic nitrogens is 2. The summed E-state index contributed by atoms with van der Waals surface area (Å²) >= 11 is 0. The number of benzene rings is 2. The molecule has 142 valence electrons. The predicted octanol–water partition coefficient (Wildman–Crippen LogP) is 3.47. The molecule has 0 aliphatic heterocycles. The Morgan fingerprint density at radius 2 is 1.79 bits per heavy atom. The lowest BCUT2D eigenvalue weighted by atomic mass is 10.1. The van der Waals surface area contributed by atoms with Crippen LogP contribution >= 0.6 is 0 Å². The lowest BCUT2D eigenvalue weighted by Crippen LogP contribution is -2.15. The van der Waals surface area contributed by atoms with Gasteiger partial charge in [0.15, 0.2) is 5.82 Å². The van der Waals surface area contributed by atoms with Crippen molar-refractivity contribution in [1.82, 2.24) is 9.97 Å². The fraction of sp³-hybridized carbons (Fsp3) is 0.143. The van der Waals surface area contributed by atoms with E-state index in [-0.39, 0.29) is 23.6 Å². The molecule has 0 bridgehead atoms. The minimum absolute atomic E-state index is 0.164. The van der Waals surface area contributed by atoms with E-state index in [2.05, 4.69) is 15.3 Å². The molecule has 0 fully saturated rings. The van der Waals surface area contributed by atoms with E-state index in [1.54, 1.807) is 31.2 Å². The number of para-hydroxylation sites is 1. The van der Waals surface area contributed by atoms with Crippen LogP contribution in [0.1, 0.15) is 33.2 Å². The van der Waals surface area contributed by atoms with Gasteiger partial charge >= 0.3 is 5.97 Å². The van der Waals surface area contributed by atoms with Crippen LogP contribution < -0.4 is 11.1 Å². The van der Waals surface area contributed by atoms with Crippen LogP contribution in [0, 0.1) is 6.92 Å². The van der Waals surface area contributed by atoms with Gasteiger partial charge in [0.25, 0.3) is 5.91 Å². The SMILES string of the molecule is CCOC(=O)c1cnc(-c2ccc(C)cc2)nc1Nc1ccccc1C(N)=O. The molecular formula is C21H20N4O3. The number of hydrogen-bond acceptors (Lipinski definition) is 6. The third-order valence-electron chi connectivity index (χ3n) is 4.04. The third kappa shape index (κ3) is 4.15. The van der Waals surface area contributed by atoms with Crippen LogP contribution in [0.25, 0.3) is 11.4 Å². The number of ether oxygens (including phenoxy) is 1. The van der Waals surface area contributed by atoms with Crippen LogP contribution in [0.15, 0.2) is 54.7 Å². The predicted molar refractivity (Wildman–Crippen MR) is 106 cm³/mol. The van der Waals surface area contributed by atoms with Crippen LogP contribution in [0.5, 0.6) is 0 Å². The molecule has 1 amide bonds. The molecule has 3 rings (SSSR count). The maximum absolute atomic E-state index is 12.3. The number of nitrogens with two attached hydrogens (primary N) is 1. The fourth-order valence-corrected chi connectivity index (χ4v) is 2.61. The molecule has 0 spiro atoms. The molecule has 0 saturated carbocycles. The molecule has 0 atom stereocenters. The van der Waals surface area contributed by atoms with Gasteiger partial charge in [-0.25, -0.2) is 14.8 Å². The van der Waals surface area contributed by atoms with Gasteiger partial charge < -0.3 is 15.8 Å². The van der Waals surface area contributed by atoms with Crippen molar-refractivity contribution in [2.24, 2.45) is 5.73 Å². The second-order valence-corrected chi connectivity index (χ2v) is 6.08. The quantitative estimate of drug-likeness (QED) is 0.638. The van der Waals surface area contributed by atoms with Gasteiger partial charge in [0.2, 0.25) is 0 Å². The van der Waals surface area contributed by atoms with Gasteiger partial charge in [-0.1, -0.05) is 42.0 Å². The van der Waals surface area contributed by atoms with E-state index < -0.39 is 11.9 Å². The lowest BCUT2D eigenvalue weighted by Gasteiger charge is -2.13. The van der Waals surface area contributed by atoms with Gasteiger partial charge in [0, 0.05) is 11.8 Å². The molecule has 2 aromatic carbocycles. The van der Waals surface area contributed by atoms with Crippen LogP contribution in [0.2, 0.25) is 0 Å². The summed E-state index contributed by atoms with van der Waals surface area (Å²) in [6.07, 6.45) is 1.41. The molecule has 28 heavy (non-hydrogen) atoms. The first-order valence-corrected chi connectivity index (χ1v) is 8.76. The normalized spacial score (nSPS) is 10.4. The van der Waals surface area contributed by atoms with E-state index in [1.165, 1.54) is 6.20 Å². The molecule has 7 nitrogen and oxygen atoms in total. The highest BCUT2D eigenvalue weighted by atomic mass is 16.5.